The lowest BCUT2D eigenvalue weighted by Gasteiger charge is -2.10. The van der Waals surface area contributed by atoms with Gasteiger partial charge in [-0.3, -0.25) is 9.39 Å². The number of nitrogens with one attached hydrogen (secondary N) is 2. The lowest BCUT2D eigenvalue weighted by Crippen LogP contribution is -2.37. The van der Waals surface area contributed by atoms with E-state index in [2.05, 4.69) is 32.1 Å². The minimum Gasteiger partial charge on any atom is -0.356 e. The van der Waals surface area contributed by atoms with Gasteiger partial charge in [0.2, 0.25) is 0 Å². The standard InChI is InChI=1S/C13H20N6S/c1-14-13(15-7-5-9-20-2)16-10-12-18-17-11-6-3-4-8-19(11)12/h3-4,6,8H,5,7,9-10H2,1-2H3,(H2,14,15,16). The maximum Gasteiger partial charge on any atom is 0.191 e. The number of guanidine groups is 1. The highest BCUT2D eigenvalue weighted by atomic mass is 32.2. The zero-order valence-corrected chi connectivity index (χ0v) is 12.7. The molecular weight excluding hydrogens is 272 g/mol. The molecule has 0 fully saturated rings. The van der Waals surface area contributed by atoms with E-state index in [1.54, 1.807) is 7.05 Å². The van der Waals surface area contributed by atoms with Gasteiger partial charge in [-0.2, -0.15) is 11.8 Å². The van der Waals surface area contributed by atoms with E-state index >= 15 is 0 Å². The monoisotopic (exact) mass is 292 g/mol. The molecule has 0 radical (unpaired) electrons. The van der Waals surface area contributed by atoms with Crippen molar-refractivity contribution < 1.29 is 0 Å². The van der Waals surface area contributed by atoms with Crippen molar-refractivity contribution in [2.45, 2.75) is 13.0 Å². The van der Waals surface area contributed by atoms with Gasteiger partial charge in [-0.1, -0.05) is 6.07 Å². The third-order valence-corrected chi connectivity index (χ3v) is 3.54. The minimum atomic E-state index is 0.591. The van der Waals surface area contributed by atoms with E-state index in [9.17, 15) is 0 Å². The molecule has 0 atom stereocenters. The molecule has 0 aromatic carbocycles. The number of rotatable bonds is 6. The van der Waals surface area contributed by atoms with Crippen molar-refractivity contribution >= 4 is 23.4 Å². The maximum atomic E-state index is 4.20. The smallest absolute Gasteiger partial charge is 0.191 e. The minimum absolute atomic E-state index is 0.591. The average Bonchev–Trinajstić information content (AvgIpc) is 2.90. The molecule has 0 aliphatic heterocycles. The third-order valence-electron chi connectivity index (χ3n) is 2.84. The van der Waals surface area contributed by atoms with E-state index in [0.717, 1.165) is 36.1 Å². The second kappa shape index (κ2) is 7.74. The molecule has 2 N–H and O–H groups in total. The van der Waals surface area contributed by atoms with E-state index in [-0.39, 0.29) is 0 Å². The SMILES string of the molecule is CN=C(NCCCSC)NCc1nnc2ccccn12. The van der Waals surface area contributed by atoms with Crippen LogP contribution < -0.4 is 10.6 Å². The molecule has 0 aliphatic carbocycles. The summed E-state index contributed by atoms with van der Waals surface area (Å²) in [7, 11) is 1.77. The predicted molar refractivity (Wildman–Crippen MR) is 84.2 cm³/mol. The topological polar surface area (TPSA) is 66.6 Å². The van der Waals surface area contributed by atoms with Gasteiger partial charge in [-0.25, -0.2) is 0 Å². The van der Waals surface area contributed by atoms with Gasteiger partial charge >= 0.3 is 0 Å². The summed E-state index contributed by atoms with van der Waals surface area (Å²) >= 11 is 1.85. The molecule has 108 valence electrons. The van der Waals surface area contributed by atoms with Crippen LogP contribution in [0.15, 0.2) is 29.4 Å². The molecule has 7 heteroatoms. The summed E-state index contributed by atoms with van der Waals surface area (Å²) in [6.45, 7) is 1.51. The van der Waals surface area contributed by atoms with E-state index in [0.29, 0.717) is 6.54 Å². The highest BCUT2D eigenvalue weighted by molar-refractivity contribution is 7.98. The number of nitrogens with zero attached hydrogens (tertiary/aromatic N) is 4. The average molecular weight is 292 g/mol. The zero-order chi connectivity index (χ0) is 14.2. The van der Waals surface area contributed by atoms with Gasteiger partial charge in [0, 0.05) is 19.8 Å². The highest BCUT2D eigenvalue weighted by Crippen LogP contribution is 2.02. The van der Waals surface area contributed by atoms with E-state index < -0.39 is 0 Å². The molecule has 0 saturated heterocycles. The summed E-state index contributed by atoms with van der Waals surface area (Å²) < 4.78 is 1.97. The first-order valence-corrected chi connectivity index (χ1v) is 7.96. The fraction of sp³-hybridized carbons (Fsp3) is 0.462. The van der Waals surface area contributed by atoms with Gasteiger partial charge in [0.05, 0.1) is 6.54 Å². The molecular formula is C13H20N6S. The molecule has 0 amide bonds. The van der Waals surface area contributed by atoms with Crippen LogP contribution in [-0.2, 0) is 6.54 Å². The van der Waals surface area contributed by atoms with Crippen LogP contribution >= 0.6 is 11.8 Å². The van der Waals surface area contributed by atoms with Crippen molar-refractivity contribution in [3.63, 3.8) is 0 Å². The number of aromatic nitrogens is 3. The normalized spacial score (nSPS) is 11.8. The zero-order valence-electron chi connectivity index (χ0n) is 11.8. The third kappa shape index (κ3) is 3.86. The van der Waals surface area contributed by atoms with Gasteiger partial charge in [-0.15, -0.1) is 10.2 Å². The largest absolute Gasteiger partial charge is 0.356 e. The Morgan fingerprint density at radius 1 is 1.35 bits per heavy atom. The van der Waals surface area contributed by atoms with Crippen molar-refractivity contribution in [1.29, 1.82) is 0 Å². The van der Waals surface area contributed by atoms with Crippen molar-refractivity contribution in [3.05, 3.63) is 30.2 Å². The molecule has 2 rings (SSSR count). The number of aliphatic imine (C=N–C) groups is 1. The number of hydrogen-bond donors (Lipinski definition) is 2. The second-order valence-corrected chi connectivity index (χ2v) is 5.23. The Balaban J connectivity index is 1.87. The lowest BCUT2D eigenvalue weighted by atomic mass is 10.4. The van der Waals surface area contributed by atoms with Gasteiger partial charge in [0.25, 0.3) is 0 Å². The summed E-state index contributed by atoms with van der Waals surface area (Å²) in [6, 6.07) is 5.86. The maximum absolute atomic E-state index is 4.20. The molecule has 0 bridgehead atoms. The molecule has 20 heavy (non-hydrogen) atoms. The Morgan fingerprint density at radius 3 is 3.05 bits per heavy atom. The Hall–Kier alpha value is -1.76. The number of hydrogen-bond acceptors (Lipinski definition) is 4. The van der Waals surface area contributed by atoms with Gasteiger partial charge < -0.3 is 10.6 Å². The van der Waals surface area contributed by atoms with E-state index in [1.165, 1.54) is 0 Å². The van der Waals surface area contributed by atoms with Crippen molar-refractivity contribution in [2.24, 2.45) is 4.99 Å². The molecule has 0 saturated carbocycles. The fourth-order valence-electron chi connectivity index (χ4n) is 1.82. The molecule has 2 aromatic rings. The molecule has 2 aromatic heterocycles. The summed E-state index contributed by atoms with van der Waals surface area (Å²) in [5.74, 6) is 2.81. The first kappa shape index (κ1) is 14.6. The Morgan fingerprint density at radius 2 is 2.25 bits per heavy atom. The van der Waals surface area contributed by atoms with Crippen LogP contribution in [0, 0.1) is 0 Å². The molecule has 6 nitrogen and oxygen atoms in total. The fourth-order valence-corrected chi connectivity index (χ4v) is 2.25. The Bertz CT molecular complexity index is 565. The molecule has 0 aliphatic rings. The van der Waals surface area contributed by atoms with E-state index in [4.69, 9.17) is 0 Å². The second-order valence-electron chi connectivity index (χ2n) is 4.24. The number of thioether (sulfide) groups is 1. The van der Waals surface area contributed by atoms with Gasteiger partial charge in [-0.05, 0) is 30.6 Å². The summed E-state index contributed by atoms with van der Waals surface area (Å²) in [5.41, 5.74) is 0.854. The van der Waals surface area contributed by atoms with E-state index in [1.807, 2.05) is 40.6 Å². The molecule has 0 spiro atoms. The summed E-state index contributed by atoms with van der Waals surface area (Å²) in [5, 5.41) is 14.8. The van der Waals surface area contributed by atoms with Crippen LogP contribution in [0.4, 0.5) is 0 Å². The van der Waals surface area contributed by atoms with Crippen LogP contribution in [0.3, 0.4) is 0 Å². The Kier molecular flexibility index (Phi) is 5.67. The predicted octanol–water partition coefficient (Wildman–Crippen LogP) is 1.15. The van der Waals surface area contributed by atoms with Crippen molar-refractivity contribution in [3.8, 4) is 0 Å². The van der Waals surface area contributed by atoms with Crippen LogP contribution in [0.5, 0.6) is 0 Å². The Labute approximate surface area is 123 Å². The van der Waals surface area contributed by atoms with Gasteiger partial charge in [0.1, 0.15) is 0 Å². The number of fused-ring (bicyclic) bond motifs is 1. The lowest BCUT2D eigenvalue weighted by molar-refractivity contribution is 0.753. The summed E-state index contributed by atoms with van der Waals surface area (Å²) in [6.07, 6.45) is 5.19. The molecule has 2 heterocycles. The molecule has 0 unspecified atom stereocenters. The number of pyridine rings is 1. The van der Waals surface area contributed by atoms with Crippen molar-refractivity contribution in [1.82, 2.24) is 25.2 Å². The summed E-state index contributed by atoms with van der Waals surface area (Å²) in [4.78, 5) is 4.20. The van der Waals surface area contributed by atoms with Crippen LogP contribution in [0.2, 0.25) is 0 Å². The van der Waals surface area contributed by atoms with Crippen LogP contribution in [-0.4, -0.2) is 46.2 Å². The highest BCUT2D eigenvalue weighted by Gasteiger charge is 2.05. The quantitative estimate of drug-likeness (QED) is 0.475. The first-order chi connectivity index (χ1) is 9.85. The van der Waals surface area contributed by atoms with Crippen molar-refractivity contribution in [2.75, 3.05) is 25.6 Å². The van der Waals surface area contributed by atoms with Crippen LogP contribution in [0.25, 0.3) is 5.65 Å². The first-order valence-electron chi connectivity index (χ1n) is 6.57. The van der Waals surface area contributed by atoms with Crippen LogP contribution in [0.1, 0.15) is 12.2 Å². The van der Waals surface area contributed by atoms with Gasteiger partial charge in [0.15, 0.2) is 17.4 Å².